The number of amides is 1. The van der Waals surface area contributed by atoms with Crippen LogP contribution >= 0.6 is 0 Å². The summed E-state index contributed by atoms with van der Waals surface area (Å²) in [5.41, 5.74) is 1.06. The van der Waals surface area contributed by atoms with E-state index in [0.29, 0.717) is 19.4 Å². The molecule has 2 rings (SSSR count). The average molecular weight is 263 g/mol. The number of carbonyl (C=O) groups excluding carboxylic acids is 1. The summed E-state index contributed by atoms with van der Waals surface area (Å²) in [4.78, 5) is 25.5. The third-order valence-electron chi connectivity index (χ3n) is 3.39. The molecule has 0 spiro atoms. The quantitative estimate of drug-likeness (QED) is 0.854. The van der Waals surface area contributed by atoms with Gasteiger partial charge in [0.15, 0.2) is 0 Å². The van der Waals surface area contributed by atoms with E-state index in [0.717, 1.165) is 31.7 Å². The second kappa shape index (κ2) is 6.52. The van der Waals surface area contributed by atoms with Crippen molar-refractivity contribution in [2.75, 3.05) is 26.2 Å². The lowest BCUT2D eigenvalue weighted by Gasteiger charge is -2.27. The molecule has 0 bridgehead atoms. The van der Waals surface area contributed by atoms with Crippen LogP contribution in [0, 0.1) is 6.92 Å². The summed E-state index contributed by atoms with van der Waals surface area (Å²) in [6, 6.07) is 3.39. The average Bonchev–Trinajstić information content (AvgIpc) is 2.43. The first kappa shape index (κ1) is 13.8. The van der Waals surface area contributed by atoms with Gasteiger partial charge < -0.3 is 14.8 Å². The fraction of sp³-hybridized carbons (Fsp3) is 0.571. The molecular formula is C14H21N3O2. The molecule has 104 valence electrons. The molecule has 2 heterocycles. The van der Waals surface area contributed by atoms with Gasteiger partial charge in [-0.3, -0.25) is 9.59 Å². The first-order chi connectivity index (χ1) is 9.16. The second-order valence-corrected chi connectivity index (χ2v) is 4.97. The summed E-state index contributed by atoms with van der Waals surface area (Å²) < 4.78 is 1.68. The van der Waals surface area contributed by atoms with Crippen LogP contribution in [0.15, 0.2) is 23.1 Å². The summed E-state index contributed by atoms with van der Waals surface area (Å²) in [7, 11) is 0. The zero-order valence-corrected chi connectivity index (χ0v) is 11.4. The molecule has 0 aromatic carbocycles. The number of nitrogens with zero attached hydrogens (tertiary/aromatic N) is 2. The van der Waals surface area contributed by atoms with Gasteiger partial charge in [-0.2, -0.15) is 0 Å². The molecule has 5 heteroatoms. The first-order valence-electron chi connectivity index (χ1n) is 6.82. The first-order valence-corrected chi connectivity index (χ1v) is 6.82. The Morgan fingerprint density at radius 2 is 2.05 bits per heavy atom. The van der Waals surface area contributed by atoms with Crippen molar-refractivity contribution in [2.45, 2.75) is 26.3 Å². The van der Waals surface area contributed by atoms with Gasteiger partial charge in [0.2, 0.25) is 5.91 Å². The smallest absolute Gasteiger partial charge is 0.250 e. The van der Waals surface area contributed by atoms with Crippen LogP contribution in [0.3, 0.4) is 0 Å². The Morgan fingerprint density at radius 1 is 1.32 bits per heavy atom. The minimum absolute atomic E-state index is 0.000205. The topological polar surface area (TPSA) is 54.3 Å². The molecule has 0 radical (unpaired) electrons. The number of hydrogen-bond acceptors (Lipinski definition) is 3. The van der Waals surface area contributed by atoms with Gasteiger partial charge in [-0.15, -0.1) is 0 Å². The number of piperazine rings is 1. The van der Waals surface area contributed by atoms with Crippen molar-refractivity contribution < 1.29 is 4.79 Å². The SMILES string of the molecule is Cc1ccc(=O)n(CCCC(=O)N2CCNCC2)c1. The van der Waals surface area contributed by atoms with Crippen molar-refractivity contribution in [1.29, 1.82) is 0 Å². The van der Waals surface area contributed by atoms with Gasteiger partial charge in [-0.1, -0.05) is 6.07 Å². The predicted octanol–water partition coefficient (Wildman–Crippen LogP) is 0.369. The molecular weight excluding hydrogens is 242 g/mol. The third kappa shape index (κ3) is 3.92. The van der Waals surface area contributed by atoms with Crippen LogP contribution in [-0.2, 0) is 11.3 Å². The summed E-state index contributed by atoms with van der Waals surface area (Å²) in [6.45, 7) is 5.92. The molecule has 5 nitrogen and oxygen atoms in total. The van der Waals surface area contributed by atoms with E-state index >= 15 is 0 Å². The molecule has 0 saturated carbocycles. The molecule has 1 fully saturated rings. The van der Waals surface area contributed by atoms with Gasteiger partial charge in [0.1, 0.15) is 0 Å². The van der Waals surface area contributed by atoms with Crippen LogP contribution in [0.25, 0.3) is 0 Å². The normalized spacial score (nSPS) is 15.5. The fourth-order valence-corrected chi connectivity index (χ4v) is 2.30. The van der Waals surface area contributed by atoms with E-state index in [1.54, 1.807) is 10.6 Å². The number of pyridine rings is 1. The highest BCUT2D eigenvalue weighted by atomic mass is 16.2. The third-order valence-corrected chi connectivity index (χ3v) is 3.39. The van der Waals surface area contributed by atoms with E-state index < -0.39 is 0 Å². The van der Waals surface area contributed by atoms with E-state index in [4.69, 9.17) is 0 Å². The minimum atomic E-state index is 0.000205. The summed E-state index contributed by atoms with van der Waals surface area (Å²) in [5, 5.41) is 3.23. The Balaban J connectivity index is 1.81. The van der Waals surface area contributed by atoms with Gasteiger partial charge in [0.05, 0.1) is 0 Å². The summed E-state index contributed by atoms with van der Waals surface area (Å²) >= 11 is 0. The predicted molar refractivity (Wildman–Crippen MR) is 74.1 cm³/mol. The molecule has 19 heavy (non-hydrogen) atoms. The number of rotatable bonds is 4. The molecule has 0 unspecified atom stereocenters. The second-order valence-electron chi connectivity index (χ2n) is 4.97. The number of hydrogen-bond donors (Lipinski definition) is 1. The van der Waals surface area contributed by atoms with Crippen LogP contribution in [0.4, 0.5) is 0 Å². The minimum Gasteiger partial charge on any atom is -0.340 e. The van der Waals surface area contributed by atoms with Crippen LogP contribution in [0.2, 0.25) is 0 Å². The van der Waals surface area contributed by atoms with Crippen molar-refractivity contribution in [1.82, 2.24) is 14.8 Å². The van der Waals surface area contributed by atoms with Gasteiger partial charge in [0, 0.05) is 51.4 Å². The highest BCUT2D eigenvalue weighted by Crippen LogP contribution is 2.02. The van der Waals surface area contributed by atoms with Crippen molar-refractivity contribution in [2.24, 2.45) is 0 Å². The Labute approximate surface area is 113 Å². The number of aryl methyl sites for hydroxylation is 2. The monoisotopic (exact) mass is 263 g/mol. The number of carbonyl (C=O) groups is 1. The lowest BCUT2D eigenvalue weighted by Crippen LogP contribution is -2.46. The van der Waals surface area contributed by atoms with Crippen molar-refractivity contribution in [3.8, 4) is 0 Å². The van der Waals surface area contributed by atoms with Gasteiger partial charge in [-0.25, -0.2) is 0 Å². The zero-order valence-electron chi connectivity index (χ0n) is 11.4. The summed E-state index contributed by atoms with van der Waals surface area (Å²) in [6.07, 6.45) is 3.07. The fourth-order valence-electron chi connectivity index (χ4n) is 2.30. The van der Waals surface area contributed by atoms with Crippen molar-refractivity contribution in [3.05, 3.63) is 34.2 Å². The van der Waals surface area contributed by atoms with E-state index in [9.17, 15) is 9.59 Å². The van der Waals surface area contributed by atoms with Crippen molar-refractivity contribution in [3.63, 3.8) is 0 Å². The highest BCUT2D eigenvalue weighted by molar-refractivity contribution is 5.76. The number of aromatic nitrogens is 1. The Bertz CT molecular complexity index is 490. The summed E-state index contributed by atoms with van der Waals surface area (Å²) in [5.74, 6) is 0.196. The van der Waals surface area contributed by atoms with Crippen molar-refractivity contribution >= 4 is 5.91 Å². The molecule has 1 saturated heterocycles. The highest BCUT2D eigenvalue weighted by Gasteiger charge is 2.15. The molecule has 0 atom stereocenters. The lowest BCUT2D eigenvalue weighted by atomic mass is 10.2. The Kier molecular flexibility index (Phi) is 4.74. The van der Waals surface area contributed by atoms with E-state index in [-0.39, 0.29) is 11.5 Å². The van der Waals surface area contributed by atoms with E-state index in [2.05, 4.69) is 5.32 Å². The molecule has 1 aliphatic heterocycles. The lowest BCUT2D eigenvalue weighted by molar-refractivity contribution is -0.131. The van der Waals surface area contributed by atoms with E-state index in [1.165, 1.54) is 0 Å². The maximum absolute atomic E-state index is 12.0. The molecule has 1 aliphatic rings. The number of nitrogens with one attached hydrogen (secondary N) is 1. The van der Waals surface area contributed by atoms with Gasteiger partial charge in [-0.05, 0) is 18.9 Å². The molecule has 0 aliphatic carbocycles. The molecule has 1 aromatic rings. The maximum Gasteiger partial charge on any atom is 0.250 e. The molecule has 1 N–H and O–H groups in total. The largest absolute Gasteiger partial charge is 0.340 e. The van der Waals surface area contributed by atoms with Crippen LogP contribution < -0.4 is 10.9 Å². The standard InChI is InChI=1S/C14H21N3O2/c1-12-4-5-14(19)17(11-12)8-2-3-13(18)16-9-6-15-7-10-16/h4-5,11,15H,2-3,6-10H2,1H3. The zero-order chi connectivity index (χ0) is 13.7. The van der Waals surface area contributed by atoms with Gasteiger partial charge in [0.25, 0.3) is 5.56 Å². The molecule has 1 amide bonds. The van der Waals surface area contributed by atoms with Crippen LogP contribution in [-0.4, -0.2) is 41.6 Å². The Hall–Kier alpha value is -1.62. The van der Waals surface area contributed by atoms with E-state index in [1.807, 2.05) is 24.1 Å². The maximum atomic E-state index is 12.0. The molecule has 1 aromatic heterocycles. The Morgan fingerprint density at radius 3 is 2.79 bits per heavy atom. The van der Waals surface area contributed by atoms with Crippen LogP contribution in [0.5, 0.6) is 0 Å². The van der Waals surface area contributed by atoms with Crippen LogP contribution in [0.1, 0.15) is 18.4 Å². The van der Waals surface area contributed by atoms with Gasteiger partial charge >= 0.3 is 0 Å².